The summed E-state index contributed by atoms with van der Waals surface area (Å²) in [7, 11) is 0. The minimum atomic E-state index is -0.531. The summed E-state index contributed by atoms with van der Waals surface area (Å²) in [6, 6.07) is 15.4. The van der Waals surface area contributed by atoms with E-state index in [0.29, 0.717) is 43.2 Å². The Kier molecular flexibility index (Phi) is 5.62. The summed E-state index contributed by atoms with van der Waals surface area (Å²) in [6.45, 7) is 2.41. The van der Waals surface area contributed by atoms with Gasteiger partial charge in [-0.15, -0.1) is 0 Å². The van der Waals surface area contributed by atoms with Gasteiger partial charge in [-0.2, -0.15) is 5.26 Å². The third kappa shape index (κ3) is 4.26. The molecule has 0 saturated carbocycles. The van der Waals surface area contributed by atoms with Gasteiger partial charge in [0.1, 0.15) is 17.5 Å². The molecule has 0 spiro atoms. The molecule has 1 N–H and O–H groups in total. The summed E-state index contributed by atoms with van der Waals surface area (Å²) in [4.78, 5) is 14.1. The number of nitriles is 1. The minimum absolute atomic E-state index is 0.0904. The number of rotatable bonds is 4. The number of nitrogens with zero attached hydrogens (tertiary/aromatic N) is 2. The lowest BCUT2D eigenvalue weighted by atomic mass is 10.1. The summed E-state index contributed by atoms with van der Waals surface area (Å²) in [5, 5.41) is 11.9. The maximum atomic E-state index is 14.4. The lowest BCUT2D eigenvalue weighted by molar-refractivity contribution is -0.112. The first-order chi connectivity index (χ1) is 12.7. The van der Waals surface area contributed by atoms with Gasteiger partial charge in [0.05, 0.1) is 18.9 Å². The molecule has 0 radical (unpaired) electrons. The predicted molar refractivity (Wildman–Crippen MR) is 98.1 cm³/mol. The molecule has 1 amide bonds. The molecule has 0 aromatic heterocycles. The summed E-state index contributed by atoms with van der Waals surface area (Å²) >= 11 is 0. The molecule has 0 aliphatic carbocycles. The van der Waals surface area contributed by atoms with Crippen molar-refractivity contribution in [1.29, 1.82) is 5.26 Å². The molecular weight excluding hydrogens is 333 g/mol. The summed E-state index contributed by atoms with van der Waals surface area (Å²) in [6.07, 6.45) is 1.38. The quantitative estimate of drug-likeness (QED) is 0.679. The van der Waals surface area contributed by atoms with Crippen molar-refractivity contribution in [2.75, 3.05) is 36.5 Å². The number of carbonyl (C=O) groups is 1. The first-order valence-corrected chi connectivity index (χ1v) is 8.28. The third-order valence-corrected chi connectivity index (χ3v) is 4.03. The van der Waals surface area contributed by atoms with Crippen LogP contribution in [0, 0.1) is 17.1 Å². The Balaban J connectivity index is 1.77. The van der Waals surface area contributed by atoms with Gasteiger partial charge < -0.3 is 15.0 Å². The third-order valence-electron chi connectivity index (χ3n) is 4.03. The number of para-hydroxylation sites is 1. The number of hydrogen-bond acceptors (Lipinski definition) is 4. The van der Waals surface area contributed by atoms with Crippen LogP contribution in [0.4, 0.5) is 15.8 Å². The molecule has 1 saturated heterocycles. The second-order valence-electron chi connectivity index (χ2n) is 5.80. The van der Waals surface area contributed by atoms with E-state index in [0.717, 1.165) is 0 Å². The lowest BCUT2D eigenvalue weighted by Crippen LogP contribution is -2.36. The van der Waals surface area contributed by atoms with Crippen molar-refractivity contribution in [2.45, 2.75) is 0 Å². The van der Waals surface area contributed by atoms with Crippen molar-refractivity contribution in [3.8, 4) is 6.07 Å². The van der Waals surface area contributed by atoms with Gasteiger partial charge in [0.15, 0.2) is 0 Å². The van der Waals surface area contributed by atoms with Crippen LogP contribution in [-0.4, -0.2) is 32.2 Å². The number of ether oxygens (including phenoxy) is 1. The normalized spacial score (nSPS) is 14.6. The van der Waals surface area contributed by atoms with Gasteiger partial charge in [0.2, 0.25) is 0 Å². The summed E-state index contributed by atoms with van der Waals surface area (Å²) in [5.41, 5.74) is 1.46. The first-order valence-electron chi connectivity index (χ1n) is 8.28. The molecule has 1 fully saturated rings. The number of benzene rings is 2. The van der Waals surface area contributed by atoms with E-state index in [2.05, 4.69) is 5.32 Å². The van der Waals surface area contributed by atoms with Crippen LogP contribution in [0.25, 0.3) is 6.08 Å². The summed E-state index contributed by atoms with van der Waals surface area (Å²) < 4.78 is 19.7. The van der Waals surface area contributed by atoms with Gasteiger partial charge in [0, 0.05) is 18.8 Å². The van der Waals surface area contributed by atoms with Crippen LogP contribution in [0.15, 0.2) is 54.1 Å². The largest absolute Gasteiger partial charge is 0.378 e. The Morgan fingerprint density at radius 1 is 1.19 bits per heavy atom. The molecule has 0 unspecified atom stereocenters. The van der Waals surface area contributed by atoms with Crippen LogP contribution >= 0.6 is 0 Å². The van der Waals surface area contributed by atoms with E-state index in [1.54, 1.807) is 36.4 Å². The van der Waals surface area contributed by atoms with Crippen LogP contribution in [0.1, 0.15) is 5.56 Å². The van der Waals surface area contributed by atoms with Crippen LogP contribution in [0.2, 0.25) is 0 Å². The highest BCUT2D eigenvalue weighted by atomic mass is 19.1. The van der Waals surface area contributed by atoms with Gasteiger partial charge >= 0.3 is 0 Å². The van der Waals surface area contributed by atoms with E-state index in [-0.39, 0.29) is 11.4 Å². The van der Waals surface area contributed by atoms with Crippen molar-refractivity contribution in [3.05, 3.63) is 65.5 Å². The number of nitrogens with one attached hydrogen (secondary N) is 1. The average Bonchev–Trinajstić information content (AvgIpc) is 2.67. The number of amides is 1. The van der Waals surface area contributed by atoms with E-state index < -0.39 is 5.91 Å². The van der Waals surface area contributed by atoms with Crippen molar-refractivity contribution < 1.29 is 13.9 Å². The van der Waals surface area contributed by atoms with E-state index in [4.69, 9.17) is 4.74 Å². The van der Waals surface area contributed by atoms with Crippen molar-refractivity contribution >= 4 is 23.4 Å². The monoisotopic (exact) mass is 351 g/mol. The van der Waals surface area contributed by atoms with E-state index in [1.807, 2.05) is 17.0 Å². The maximum absolute atomic E-state index is 14.4. The standard InChI is InChI=1S/C20H18FN3O2/c21-18-13-15(6-7-19(18)24-8-10-26-11-9-24)12-16(14-22)20(25)23-17-4-2-1-3-5-17/h1-7,12-13H,8-11H2,(H,23,25)/b16-12-. The average molecular weight is 351 g/mol. The molecule has 0 bridgehead atoms. The van der Waals surface area contributed by atoms with Crippen molar-refractivity contribution in [2.24, 2.45) is 0 Å². The number of morpholine rings is 1. The Bertz CT molecular complexity index is 853. The molecule has 2 aromatic rings. The lowest BCUT2D eigenvalue weighted by Gasteiger charge is -2.29. The Labute approximate surface area is 151 Å². The number of anilines is 2. The van der Waals surface area contributed by atoms with Crippen LogP contribution < -0.4 is 10.2 Å². The van der Waals surface area contributed by atoms with Gasteiger partial charge in [-0.3, -0.25) is 4.79 Å². The second-order valence-corrected chi connectivity index (χ2v) is 5.80. The van der Waals surface area contributed by atoms with Gasteiger partial charge in [-0.1, -0.05) is 24.3 Å². The maximum Gasteiger partial charge on any atom is 0.266 e. The highest BCUT2D eigenvalue weighted by Crippen LogP contribution is 2.23. The van der Waals surface area contributed by atoms with E-state index in [1.165, 1.54) is 12.1 Å². The van der Waals surface area contributed by atoms with Crippen LogP contribution in [-0.2, 0) is 9.53 Å². The molecule has 1 aliphatic heterocycles. The molecule has 132 valence electrons. The fourth-order valence-corrected chi connectivity index (χ4v) is 2.71. The minimum Gasteiger partial charge on any atom is -0.378 e. The van der Waals surface area contributed by atoms with E-state index >= 15 is 0 Å². The molecule has 26 heavy (non-hydrogen) atoms. The smallest absolute Gasteiger partial charge is 0.266 e. The van der Waals surface area contributed by atoms with Crippen LogP contribution in [0.3, 0.4) is 0 Å². The Morgan fingerprint density at radius 2 is 1.92 bits per heavy atom. The summed E-state index contributed by atoms with van der Waals surface area (Å²) in [5.74, 6) is -0.919. The topological polar surface area (TPSA) is 65.4 Å². The van der Waals surface area contributed by atoms with Crippen LogP contribution in [0.5, 0.6) is 0 Å². The fourth-order valence-electron chi connectivity index (χ4n) is 2.71. The highest BCUT2D eigenvalue weighted by Gasteiger charge is 2.16. The predicted octanol–water partition coefficient (Wildman–Crippen LogP) is 3.21. The van der Waals surface area contributed by atoms with Gasteiger partial charge in [0.25, 0.3) is 5.91 Å². The molecule has 3 rings (SSSR count). The molecule has 1 heterocycles. The molecule has 0 atom stereocenters. The molecule has 5 nitrogen and oxygen atoms in total. The zero-order valence-corrected chi connectivity index (χ0v) is 14.1. The number of halogens is 1. The zero-order chi connectivity index (χ0) is 18.4. The first kappa shape index (κ1) is 17.6. The Hall–Kier alpha value is -3.17. The Morgan fingerprint density at radius 3 is 2.58 bits per heavy atom. The highest BCUT2D eigenvalue weighted by molar-refractivity contribution is 6.09. The van der Waals surface area contributed by atoms with E-state index in [9.17, 15) is 14.4 Å². The molecule has 1 aliphatic rings. The fraction of sp³-hybridized carbons (Fsp3) is 0.200. The van der Waals surface area contributed by atoms with Crippen molar-refractivity contribution in [1.82, 2.24) is 0 Å². The molecule has 6 heteroatoms. The number of hydrogen-bond donors (Lipinski definition) is 1. The molecular formula is C20H18FN3O2. The SMILES string of the molecule is N#C/C(=C/c1ccc(N2CCOCC2)c(F)c1)C(=O)Nc1ccccc1. The zero-order valence-electron chi connectivity index (χ0n) is 14.1. The molecule has 2 aromatic carbocycles. The van der Waals surface area contributed by atoms with Gasteiger partial charge in [-0.05, 0) is 35.9 Å². The second kappa shape index (κ2) is 8.28. The van der Waals surface area contributed by atoms with Gasteiger partial charge in [-0.25, -0.2) is 4.39 Å². The van der Waals surface area contributed by atoms with Crippen molar-refractivity contribution in [3.63, 3.8) is 0 Å². The number of carbonyl (C=O) groups excluding carboxylic acids is 1.